The summed E-state index contributed by atoms with van der Waals surface area (Å²) in [4.78, 5) is 40.9. The van der Waals surface area contributed by atoms with Crippen LogP contribution in [0.4, 0.5) is 5.69 Å². The Morgan fingerprint density at radius 2 is 2.00 bits per heavy atom. The van der Waals surface area contributed by atoms with Gasteiger partial charge >= 0.3 is 11.7 Å². The Morgan fingerprint density at radius 1 is 1.23 bits per heavy atom. The van der Waals surface area contributed by atoms with E-state index in [0.717, 1.165) is 20.6 Å². The lowest BCUT2D eigenvalue weighted by molar-refractivity contribution is -0.386. The van der Waals surface area contributed by atoms with Crippen molar-refractivity contribution in [1.82, 2.24) is 9.66 Å². The number of ether oxygens (including phenoxy) is 2. The van der Waals surface area contributed by atoms with Crippen LogP contribution in [-0.2, 0) is 9.53 Å². The van der Waals surface area contributed by atoms with E-state index in [1.807, 2.05) is 12.1 Å². The van der Waals surface area contributed by atoms with Gasteiger partial charge in [-0.25, -0.2) is 9.78 Å². The molecule has 40 heavy (non-hydrogen) atoms. The van der Waals surface area contributed by atoms with E-state index in [0.29, 0.717) is 16.5 Å². The number of carbonyl (C=O) groups is 1. The van der Waals surface area contributed by atoms with Gasteiger partial charge < -0.3 is 13.9 Å². The fourth-order valence-corrected chi connectivity index (χ4v) is 4.60. The van der Waals surface area contributed by atoms with Crippen molar-refractivity contribution < 1.29 is 23.6 Å². The molecule has 13 heteroatoms. The van der Waals surface area contributed by atoms with Crippen molar-refractivity contribution in [2.75, 3.05) is 7.11 Å². The summed E-state index contributed by atoms with van der Waals surface area (Å²) in [7, 11) is 1.17. The van der Waals surface area contributed by atoms with Crippen molar-refractivity contribution in [2.24, 2.45) is 5.10 Å². The Balaban J connectivity index is 1.63. The van der Waals surface area contributed by atoms with Gasteiger partial charge in [-0.1, -0.05) is 39.7 Å². The predicted molar refractivity (Wildman–Crippen MR) is 152 cm³/mol. The van der Waals surface area contributed by atoms with Gasteiger partial charge in [0.1, 0.15) is 5.58 Å². The molecule has 5 rings (SSSR count). The number of hydrogen-bond acceptors (Lipinski definition) is 9. The van der Waals surface area contributed by atoms with Crippen LogP contribution < -0.4 is 10.3 Å². The second-order valence-corrected chi connectivity index (χ2v) is 9.82. The monoisotopic (exact) mass is 624 g/mol. The molecule has 3 aromatic carbocycles. The van der Waals surface area contributed by atoms with Gasteiger partial charge in [0, 0.05) is 21.5 Å². The van der Waals surface area contributed by atoms with Crippen molar-refractivity contribution >= 4 is 67.3 Å². The molecule has 1 atom stereocenters. The number of hydrogen-bond donors (Lipinski definition) is 0. The molecule has 0 aliphatic heterocycles. The van der Waals surface area contributed by atoms with E-state index < -0.39 is 28.2 Å². The molecule has 11 nitrogen and oxygen atoms in total. The first-order valence-electron chi connectivity index (χ1n) is 11.6. The molecular weight excluding hydrogens is 608 g/mol. The van der Waals surface area contributed by atoms with Gasteiger partial charge in [-0.15, -0.1) is 0 Å². The van der Waals surface area contributed by atoms with E-state index in [4.69, 9.17) is 20.8 Å². The van der Waals surface area contributed by atoms with E-state index in [2.05, 4.69) is 30.8 Å². The summed E-state index contributed by atoms with van der Waals surface area (Å²) in [5.74, 6) is -0.623. The highest BCUT2D eigenvalue weighted by atomic mass is 79.9. The highest BCUT2D eigenvalue weighted by Crippen LogP contribution is 2.37. The number of carbonyl (C=O) groups excluding carboxylic acids is 1. The summed E-state index contributed by atoms with van der Waals surface area (Å²) in [6.45, 7) is 1.37. The number of nitro groups is 1. The molecule has 0 spiro atoms. The Kier molecular flexibility index (Phi) is 7.37. The van der Waals surface area contributed by atoms with Crippen LogP contribution in [0.1, 0.15) is 12.5 Å². The molecule has 0 saturated carbocycles. The van der Waals surface area contributed by atoms with Gasteiger partial charge in [-0.3, -0.25) is 14.9 Å². The molecule has 0 aliphatic carbocycles. The Bertz CT molecular complexity index is 1900. The van der Waals surface area contributed by atoms with E-state index in [-0.39, 0.29) is 27.9 Å². The third-order valence-electron chi connectivity index (χ3n) is 5.85. The first kappa shape index (κ1) is 27.0. The van der Waals surface area contributed by atoms with Gasteiger partial charge in [0.25, 0.3) is 5.56 Å². The van der Waals surface area contributed by atoms with Gasteiger partial charge in [-0.05, 0) is 49.4 Å². The van der Waals surface area contributed by atoms with Crippen molar-refractivity contribution in [3.63, 3.8) is 0 Å². The van der Waals surface area contributed by atoms with Crippen molar-refractivity contribution in [1.29, 1.82) is 0 Å². The zero-order chi connectivity index (χ0) is 28.6. The summed E-state index contributed by atoms with van der Waals surface area (Å²) in [6, 6.07) is 16.5. The maximum Gasteiger partial charge on any atom is 0.346 e. The second-order valence-electron chi connectivity index (χ2n) is 8.50. The van der Waals surface area contributed by atoms with Crippen LogP contribution in [0.15, 0.2) is 79.4 Å². The molecule has 0 N–H and O–H groups in total. The highest BCUT2D eigenvalue weighted by Gasteiger charge is 2.25. The number of nitrogens with zero attached hydrogens (tertiary/aromatic N) is 4. The predicted octanol–water partition coefficient (Wildman–Crippen LogP) is 5.96. The molecule has 0 bridgehead atoms. The van der Waals surface area contributed by atoms with Crippen LogP contribution in [0, 0.1) is 10.1 Å². The number of furan rings is 1. The number of para-hydroxylation sites is 1. The molecule has 0 fully saturated rings. The molecule has 0 radical (unpaired) electrons. The van der Waals surface area contributed by atoms with E-state index in [1.54, 1.807) is 36.4 Å². The topological polar surface area (TPSA) is 139 Å². The average Bonchev–Trinajstić information content (AvgIpc) is 3.36. The Hall–Kier alpha value is -4.55. The third kappa shape index (κ3) is 5.18. The van der Waals surface area contributed by atoms with E-state index in [9.17, 15) is 19.7 Å². The van der Waals surface area contributed by atoms with E-state index >= 15 is 0 Å². The maximum absolute atomic E-state index is 13.5. The number of benzene rings is 3. The number of rotatable bonds is 7. The number of nitro benzene ring substituents is 1. The third-order valence-corrected chi connectivity index (χ3v) is 6.62. The van der Waals surface area contributed by atoms with Crippen LogP contribution in [0.3, 0.4) is 0 Å². The molecular formula is C27H18BrClN4O7. The lowest BCUT2D eigenvalue weighted by Crippen LogP contribution is -2.25. The minimum Gasteiger partial charge on any atom is -0.471 e. The number of fused-ring (bicyclic) bond motifs is 2. The molecule has 0 unspecified atom stereocenters. The number of halogens is 2. The highest BCUT2D eigenvalue weighted by molar-refractivity contribution is 9.10. The lowest BCUT2D eigenvalue weighted by atomic mass is 10.2. The van der Waals surface area contributed by atoms with Crippen molar-refractivity contribution in [2.45, 2.75) is 13.0 Å². The normalized spacial score (nSPS) is 12.2. The molecule has 0 amide bonds. The quantitative estimate of drug-likeness (QED) is 0.0935. The van der Waals surface area contributed by atoms with Gasteiger partial charge in [0.05, 0.1) is 34.2 Å². The summed E-state index contributed by atoms with van der Waals surface area (Å²) in [5, 5.41) is 17.1. The van der Waals surface area contributed by atoms with E-state index in [1.165, 1.54) is 26.3 Å². The number of esters is 1. The fraction of sp³-hybridized carbons (Fsp3) is 0.111. The zero-order valence-corrected chi connectivity index (χ0v) is 23.2. The fourth-order valence-electron chi connectivity index (χ4n) is 3.96. The second kappa shape index (κ2) is 10.9. The maximum atomic E-state index is 13.5. The summed E-state index contributed by atoms with van der Waals surface area (Å²) in [6.07, 6.45) is 0.0856. The van der Waals surface area contributed by atoms with Crippen LogP contribution in [-0.4, -0.2) is 40.0 Å². The Morgan fingerprint density at radius 3 is 2.75 bits per heavy atom. The molecule has 0 aliphatic rings. The van der Waals surface area contributed by atoms with Crippen molar-refractivity contribution in [3.8, 4) is 17.3 Å². The lowest BCUT2D eigenvalue weighted by Gasteiger charge is -2.14. The van der Waals surface area contributed by atoms with Gasteiger partial charge in [0.2, 0.25) is 11.6 Å². The van der Waals surface area contributed by atoms with Gasteiger partial charge in [-0.2, -0.15) is 9.78 Å². The molecule has 202 valence electrons. The van der Waals surface area contributed by atoms with Crippen LogP contribution in [0.2, 0.25) is 5.02 Å². The zero-order valence-electron chi connectivity index (χ0n) is 20.8. The van der Waals surface area contributed by atoms with Crippen LogP contribution >= 0.6 is 27.5 Å². The minimum absolute atomic E-state index is 0.125. The summed E-state index contributed by atoms with van der Waals surface area (Å²) in [5.41, 5.74) is 0.225. The SMILES string of the molecule is COC(=O)[C@@H](C)Oc1c(Cl)cc(C=Nn2c(-c3cc4cc(Br)ccc4o3)nc3ccccc3c2=O)cc1[N+](=O)[O-]. The molecule has 0 saturated heterocycles. The van der Waals surface area contributed by atoms with Crippen LogP contribution in [0.25, 0.3) is 33.5 Å². The Labute approximate surface area is 238 Å². The average molecular weight is 626 g/mol. The molecule has 2 aromatic heterocycles. The minimum atomic E-state index is -1.14. The smallest absolute Gasteiger partial charge is 0.346 e. The largest absolute Gasteiger partial charge is 0.471 e. The standard InChI is InChI=1S/C27H18BrClN4O7/c1-14(27(35)38-2)39-24-19(29)9-15(10-21(24)33(36)37)13-30-32-25(31-20-6-4-3-5-18(20)26(32)34)23-12-16-11-17(28)7-8-22(16)40-23/h3-14H,1-2H3/t14-/m1/s1. The van der Waals surface area contributed by atoms with Crippen molar-refractivity contribution in [3.05, 3.63) is 96.2 Å². The number of aromatic nitrogens is 2. The number of methoxy groups -OCH3 is 1. The van der Waals surface area contributed by atoms with Crippen LogP contribution in [0.5, 0.6) is 5.75 Å². The molecule has 5 aromatic rings. The summed E-state index contributed by atoms with van der Waals surface area (Å²) >= 11 is 9.74. The first-order valence-corrected chi connectivity index (χ1v) is 12.8. The van der Waals surface area contributed by atoms with Gasteiger partial charge in [0.15, 0.2) is 11.9 Å². The molecule has 2 heterocycles. The first-order chi connectivity index (χ1) is 19.2. The summed E-state index contributed by atoms with van der Waals surface area (Å²) < 4.78 is 17.9.